The van der Waals surface area contributed by atoms with Gasteiger partial charge in [0.05, 0.1) is 17.0 Å². The van der Waals surface area contributed by atoms with Gasteiger partial charge in [0.25, 0.3) is 0 Å². The predicted octanol–water partition coefficient (Wildman–Crippen LogP) is 4.88. The maximum atomic E-state index is 14.4. The molecular formula is C21H18FN5OS2. The van der Waals surface area contributed by atoms with Crippen molar-refractivity contribution in [3.63, 3.8) is 0 Å². The average molecular weight is 440 g/mol. The summed E-state index contributed by atoms with van der Waals surface area (Å²) in [6.07, 6.45) is 0. The molecule has 2 heterocycles. The Balaban J connectivity index is 1.63. The van der Waals surface area contributed by atoms with Crippen LogP contribution in [0.5, 0.6) is 0 Å². The van der Waals surface area contributed by atoms with E-state index < -0.39 is 0 Å². The Morgan fingerprint density at radius 3 is 2.60 bits per heavy atom. The van der Waals surface area contributed by atoms with Crippen LogP contribution in [0.3, 0.4) is 0 Å². The number of anilines is 1. The fourth-order valence-corrected chi connectivity index (χ4v) is 4.26. The lowest BCUT2D eigenvalue weighted by Crippen LogP contribution is -2.14. The summed E-state index contributed by atoms with van der Waals surface area (Å²) in [5.41, 5.74) is 3.10. The summed E-state index contributed by atoms with van der Waals surface area (Å²) in [4.78, 5) is 16.6. The Morgan fingerprint density at radius 1 is 1.13 bits per heavy atom. The van der Waals surface area contributed by atoms with Crippen LogP contribution in [0, 0.1) is 19.7 Å². The molecule has 1 amide bonds. The van der Waals surface area contributed by atoms with E-state index in [0.717, 1.165) is 16.9 Å². The third-order valence-electron chi connectivity index (χ3n) is 4.24. The van der Waals surface area contributed by atoms with Gasteiger partial charge in [0.15, 0.2) is 16.1 Å². The normalized spacial score (nSPS) is 10.9. The molecule has 0 atom stereocenters. The molecule has 0 saturated heterocycles. The predicted molar refractivity (Wildman–Crippen MR) is 118 cm³/mol. The lowest BCUT2D eigenvalue weighted by atomic mass is 10.2. The Kier molecular flexibility index (Phi) is 5.91. The summed E-state index contributed by atoms with van der Waals surface area (Å²) in [5.74, 6) is -0.0674. The Hall–Kier alpha value is -3.04. The third-order valence-corrected chi connectivity index (χ3v) is 6.04. The van der Waals surface area contributed by atoms with E-state index in [1.54, 1.807) is 22.8 Å². The molecule has 0 bridgehead atoms. The highest BCUT2D eigenvalue weighted by molar-refractivity contribution is 7.99. The second-order valence-electron chi connectivity index (χ2n) is 6.59. The summed E-state index contributed by atoms with van der Waals surface area (Å²) >= 11 is 2.61. The first-order valence-electron chi connectivity index (χ1n) is 9.13. The number of nitrogens with one attached hydrogen (secondary N) is 1. The number of halogens is 1. The van der Waals surface area contributed by atoms with Gasteiger partial charge < -0.3 is 5.32 Å². The Labute approximate surface area is 181 Å². The zero-order valence-corrected chi connectivity index (χ0v) is 17.9. The van der Waals surface area contributed by atoms with Crippen molar-refractivity contribution in [1.82, 2.24) is 19.7 Å². The maximum absolute atomic E-state index is 14.4. The number of nitrogens with zero attached hydrogens (tertiary/aromatic N) is 4. The highest BCUT2D eigenvalue weighted by Gasteiger charge is 2.19. The second kappa shape index (κ2) is 8.76. The molecule has 0 saturated carbocycles. The van der Waals surface area contributed by atoms with E-state index in [1.165, 1.54) is 29.2 Å². The topological polar surface area (TPSA) is 72.7 Å². The van der Waals surface area contributed by atoms with Gasteiger partial charge in [0.2, 0.25) is 5.91 Å². The van der Waals surface area contributed by atoms with E-state index >= 15 is 0 Å². The zero-order chi connectivity index (χ0) is 21.1. The van der Waals surface area contributed by atoms with Crippen LogP contribution in [0.15, 0.2) is 59.1 Å². The molecular weight excluding hydrogens is 421 g/mol. The molecule has 4 rings (SSSR count). The molecule has 2 aromatic carbocycles. The molecule has 2 aromatic heterocycles. The van der Waals surface area contributed by atoms with E-state index in [1.807, 2.05) is 43.5 Å². The first-order chi connectivity index (χ1) is 14.5. The van der Waals surface area contributed by atoms with E-state index in [4.69, 9.17) is 0 Å². The maximum Gasteiger partial charge on any atom is 0.236 e. The van der Waals surface area contributed by atoms with Crippen LogP contribution in [0.1, 0.15) is 11.3 Å². The summed E-state index contributed by atoms with van der Waals surface area (Å²) in [7, 11) is 0. The molecule has 30 heavy (non-hydrogen) atoms. The van der Waals surface area contributed by atoms with Crippen LogP contribution >= 0.6 is 23.1 Å². The van der Waals surface area contributed by atoms with Gasteiger partial charge in [-0.2, -0.15) is 0 Å². The van der Waals surface area contributed by atoms with Gasteiger partial charge in [-0.3, -0.25) is 9.36 Å². The highest BCUT2D eigenvalue weighted by atomic mass is 32.2. The summed E-state index contributed by atoms with van der Waals surface area (Å²) in [6, 6.07) is 14.2. The molecule has 6 nitrogen and oxygen atoms in total. The fourth-order valence-electron chi connectivity index (χ4n) is 2.80. The lowest BCUT2D eigenvalue weighted by Gasteiger charge is -2.11. The molecule has 0 spiro atoms. The van der Waals surface area contributed by atoms with E-state index in [9.17, 15) is 9.18 Å². The SMILES string of the molecule is Cc1ccc(-n2c(SCC(=O)Nc3nc(C)cs3)nnc2-c2ccccc2F)cc1. The molecule has 0 aliphatic carbocycles. The van der Waals surface area contributed by atoms with Crippen LogP contribution in [0.2, 0.25) is 0 Å². The minimum absolute atomic E-state index is 0.125. The zero-order valence-electron chi connectivity index (χ0n) is 16.3. The highest BCUT2D eigenvalue weighted by Crippen LogP contribution is 2.29. The monoisotopic (exact) mass is 439 g/mol. The first kappa shape index (κ1) is 20.2. The van der Waals surface area contributed by atoms with Gasteiger partial charge in [-0.15, -0.1) is 21.5 Å². The van der Waals surface area contributed by atoms with Crippen LogP contribution in [-0.4, -0.2) is 31.4 Å². The molecule has 0 aliphatic rings. The van der Waals surface area contributed by atoms with Crippen molar-refractivity contribution in [2.45, 2.75) is 19.0 Å². The molecule has 0 unspecified atom stereocenters. The number of hydrogen-bond acceptors (Lipinski definition) is 6. The summed E-state index contributed by atoms with van der Waals surface area (Å²) < 4.78 is 16.2. The second-order valence-corrected chi connectivity index (χ2v) is 8.39. The van der Waals surface area contributed by atoms with Crippen LogP contribution < -0.4 is 5.32 Å². The van der Waals surface area contributed by atoms with Crippen LogP contribution in [0.4, 0.5) is 9.52 Å². The standard InChI is InChI=1S/C21H18FN5OS2/c1-13-7-9-15(10-8-13)27-19(16-5-3-4-6-17(16)22)25-26-21(27)30-12-18(28)24-20-23-14(2)11-29-20/h3-11H,12H2,1-2H3,(H,23,24,28). The van der Waals surface area contributed by atoms with Crippen LogP contribution in [-0.2, 0) is 4.79 Å². The number of benzene rings is 2. The van der Waals surface area contributed by atoms with E-state index in [-0.39, 0.29) is 17.5 Å². The molecule has 1 N–H and O–H groups in total. The van der Waals surface area contributed by atoms with Crippen molar-refractivity contribution in [1.29, 1.82) is 0 Å². The van der Waals surface area contributed by atoms with Crippen molar-refractivity contribution in [3.05, 3.63) is 71.0 Å². The van der Waals surface area contributed by atoms with Gasteiger partial charge >= 0.3 is 0 Å². The smallest absolute Gasteiger partial charge is 0.236 e. The molecule has 4 aromatic rings. The van der Waals surface area contributed by atoms with E-state index in [0.29, 0.717) is 21.7 Å². The number of hydrogen-bond donors (Lipinski definition) is 1. The number of carbonyl (C=O) groups excluding carboxylic acids is 1. The van der Waals surface area contributed by atoms with Gasteiger partial charge in [0, 0.05) is 11.1 Å². The summed E-state index contributed by atoms with van der Waals surface area (Å²) in [5, 5.41) is 14.2. The van der Waals surface area contributed by atoms with Gasteiger partial charge in [-0.25, -0.2) is 9.37 Å². The largest absolute Gasteiger partial charge is 0.301 e. The van der Waals surface area contributed by atoms with E-state index in [2.05, 4.69) is 20.5 Å². The minimum Gasteiger partial charge on any atom is -0.301 e. The van der Waals surface area contributed by atoms with Crippen molar-refractivity contribution >= 4 is 34.1 Å². The number of aryl methyl sites for hydroxylation is 2. The number of thiazole rings is 1. The molecule has 0 aliphatic heterocycles. The number of amides is 1. The van der Waals surface area contributed by atoms with Crippen molar-refractivity contribution < 1.29 is 9.18 Å². The Morgan fingerprint density at radius 2 is 1.90 bits per heavy atom. The van der Waals surface area contributed by atoms with Crippen molar-refractivity contribution in [2.75, 3.05) is 11.1 Å². The molecule has 152 valence electrons. The third kappa shape index (κ3) is 4.42. The first-order valence-corrected chi connectivity index (χ1v) is 11.0. The van der Waals surface area contributed by atoms with Gasteiger partial charge in [-0.05, 0) is 38.1 Å². The number of carbonyl (C=O) groups is 1. The van der Waals surface area contributed by atoms with Gasteiger partial charge in [0.1, 0.15) is 5.82 Å². The minimum atomic E-state index is -0.383. The number of aromatic nitrogens is 4. The van der Waals surface area contributed by atoms with Crippen LogP contribution in [0.25, 0.3) is 17.1 Å². The van der Waals surface area contributed by atoms with Crippen molar-refractivity contribution in [3.8, 4) is 17.1 Å². The van der Waals surface area contributed by atoms with Gasteiger partial charge in [-0.1, -0.05) is 41.6 Å². The molecule has 9 heteroatoms. The number of rotatable bonds is 6. The van der Waals surface area contributed by atoms with Crippen molar-refractivity contribution in [2.24, 2.45) is 0 Å². The molecule has 0 radical (unpaired) electrons. The average Bonchev–Trinajstić information content (AvgIpc) is 3.33. The Bertz CT molecular complexity index is 1190. The number of thioether (sulfide) groups is 1. The quantitative estimate of drug-likeness (QED) is 0.434. The summed E-state index contributed by atoms with van der Waals surface area (Å²) in [6.45, 7) is 3.86. The molecule has 0 fully saturated rings. The lowest BCUT2D eigenvalue weighted by molar-refractivity contribution is -0.113. The fraction of sp³-hybridized carbons (Fsp3) is 0.143.